The molecule has 1 aromatic carbocycles. The summed E-state index contributed by atoms with van der Waals surface area (Å²) in [5, 5.41) is 23.9. The molecule has 1 aromatic rings. The molecule has 1 aliphatic heterocycles. The summed E-state index contributed by atoms with van der Waals surface area (Å²) in [7, 11) is 0. The molecule has 5 atom stereocenters. The number of benzene rings is 1. The van der Waals surface area contributed by atoms with Crippen molar-refractivity contribution in [2.45, 2.75) is 63.4 Å². The molecular formula is C21H30N4O6. The normalized spacial score (nSPS) is 19.7. The van der Waals surface area contributed by atoms with E-state index in [2.05, 4.69) is 10.6 Å². The summed E-state index contributed by atoms with van der Waals surface area (Å²) in [6, 6.07) is 4.89. The highest BCUT2D eigenvalue weighted by Crippen LogP contribution is 2.19. The van der Waals surface area contributed by atoms with E-state index in [0.29, 0.717) is 19.4 Å². The van der Waals surface area contributed by atoms with Crippen LogP contribution in [0.15, 0.2) is 30.3 Å². The van der Waals surface area contributed by atoms with Gasteiger partial charge in [-0.3, -0.25) is 14.4 Å². The first-order valence-electron chi connectivity index (χ1n) is 10.2. The Morgan fingerprint density at radius 3 is 2.35 bits per heavy atom. The highest BCUT2D eigenvalue weighted by Gasteiger charge is 2.38. The summed E-state index contributed by atoms with van der Waals surface area (Å²) in [6.45, 7) is 3.09. The highest BCUT2D eigenvalue weighted by atomic mass is 16.4. The number of rotatable bonds is 9. The first-order chi connectivity index (χ1) is 14.6. The zero-order valence-electron chi connectivity index (χ0n) is 17.7. The van der Waals surface area contributed by atoms with Gasteiger partial charge in [-0.15, -0.1) is 0 Å². The molecule has 0 aliphatic carbocycles. The molecule has 31 heavy (non-hydrogen) atoms. The molecule has 0 saturated carbocycles. The summed E-state index contributed by atoms with van der Waals surface area (Å²) in [6.07, 6.45) is 0.00266. The number of carbonyl (C=O) groups is 4. The molecule has 0 aromatic heterocycles. The minimum absolute atomic E-state index is 0.169. The third kappa shape index (κ3) is 6.50. The van der Waals surface area contributed by atoms with Crippen LogP contribution in [0.3, 0.4) is 0 Å². The molecule has 170 valence electrons. The first kappa shape index (κ1) is 24.3. The Morgan fingerprint density at radius 2 is 1.77 bits per heavy atom. The number of carboxylic acid groups (broad SMARTS) is 1. The molecule has 10 heteroatoms. The van der Waals surface area contributed by atoms with E-state index in [0.717, 1.165) is 5.56 Å². The standard InChI is InChI=1S/C21H30N4O6/c1-12(23-19(28)17(22)13(2)26)18(27)24-15(11-14-7-4-3-5-8-14)20(29)25-10-6-9-16(25)21(30)31/h3-5,7-8,12-13,15-17,26H,6,9-11,22H2,1-2H3,(H,23,28)(H,24,27)(H,30,31). The summed E-state index contributed by atoms with van der Waals surface area (Å²) >= 11 is 0. The van der Waals surface area contributed by atoms with E-state index >= 15 is 0 Å². The van der Waals surface area contributed by atoms with Gasteiger partial charge in [0.1, 0.15) is 24.2 Å². The predicted molar refractivity (Wildman–Crippen MR) is 112 cm³/mol. The number of aliphatic hydroxyl groups excluding tert-OH is 1. The number of hydrogen-bond donors (Lipinski definition) is 5. The smallest absolute Gasteiger partial charge is 0.326 e. The Bertz CT molecular complexity index is 800. The van der Waals surface area contributed by atoms with Crippen molar-refractivity contribution in [2.24, 2.45) is 5.73 Å². The van der Waals surface area contributed by atoms with Gasteiger partial charge in [-0.1, -0.05) is 30.3 Å². The summed E-state index contributed by atoms with van der Waals surface area (Å²) in [5.74, 6) is -2.88. The number of aliphatic carboxylic acids is 1. The Hall–Kier alpha value is -2.98. The Labute approximate surface area is 180 Å². The van der Waals surface area contributed by atoms with Crippen LogP contribution in [0.25, 0.3) is 0 Å². The Balaban J connectivity index is 2.14. The second kappa shape index (κ2) is 10.9. The fourth-order valence-corrected chi connectivity index (χ4v) is 3.43. The van der Waals surface area contributed by atoms with Gasteiger partial charge in [0.25, 0.3) is 0 Å². The summed E-state index contributed by atoms with van der Waals surface area (Å²) in [5.41, 5.74) is 6.37. The monoisotopic (exact) mass is 434 g/mol. The average molecular weight is 434 g/mol. The van der Waals surface area contributed by atoms with E-state index in [1.165, 1.54) is 18.7 Å². The van der Waals surface area contributed by atoms with Crippen molar-refractivity contribution in [2.75, 3.05) is 6.54 Å². The molecule has 0 bridgehead atoms. The van der Waals surface area contributed by atoms with E-state index in [1.807, 2.05) is 6.07 Å². The molecule has 0 radical (unpaired) electrons. The number of nitrogens with one attached hydrogen (secondary N) is 2. The van der Waals surface area contributed by atoms with E-state index in [4.69, 9.17) is 5.73 Å². The van der Waals surface area contributed by atoms with Crippen molar-refractivity contribution in [3.63, 3.8) is 0 Å². The number of nitrogens with zero attached hydrogens (tertiary/aromatic N) is 1. The van der Waals surface area contributed by atoms with Crippen molar-refractivity contribution in [3.05, 3.63) is 35.9 Å². The van der Waals surface area contributed by atoms with Crippen LogP contribution in [0, 0.1) is 0 Å². The molecule has 0 spiro atoms. The maximum Gasteiger partial charge on any atom is 0.326 e. The van der Waals surface area contributed by atoms with Crippen molar-refractivity contribution < 1.29 is 29.4 Å². The van der Waals surface area contributed by atoms with Gasteiger partial charge < -0.3 is 31.5 Å². The third-order valence-electron chi connectivity index (χ3n) is 5.29. The van der Waals surface area contributed by atoms with Crippen molar-refractivity contribution >= 4 is 23.7 Å². The van der Waals surface area contributed by atoms with E-state index < -0.39 is 54.0 Å². The maximum atomic E-state index is 13.2. The van der Waals surface area contributed by atoms with Crippen LogP contribution in [0.5, 0.6) is 0 Å². The largest absolute Gasteiger partial charge is 0.480 e. The number of amides is 3. The summed E-state index contributed by atoms with van der Waals surface area (Å²) in [4.78, 5) is 50.6. The molecule has 2 rings (SSSR count). The van der Waals surface area contributed by atoms with E-state index in [9.17, 15) is 29.4 Å². The van der Waals surface area contributed by atoms with Crippen molar-refractivity contribution in [1.29, 1.82) is 0 Å². The number of carboxylic acids is 1. The first-order valence-corrected chi connectivity index (χ1v) is 10.2. The van der Waals surface area contributed by atoms with Gasteiger partial charge in [0, 0.05) is 13.0 Å². The van der Waals surface area contributed by atoms with Crippen LogP contribution < -0.4 is 16.4 Å². The number of nitrogens with two attached hydrogens (primary N) is 1. The van der Waals surface area contributed by atoms with Crippen LogP contribution in [0.2, 0.25) is 0 Å². The summed E-state index contributed by atoms with van der Waals surface area (Å²) < 4.78 is 0. The number of carbonyl (C=O) groups excluding carboxylic acids is 3. The zero-order chi connectivity index (χ0) is 23.1. The Morgan fingerprint density at radius 1 is 1.13 bits per heavy atom. The van der Waals surface area contributed by atoms with Crippen LogP contribution in [0.1, 0.15) is 32.3 Å². The minimum Gasteiger partial charge on any atom is -0.480 e. The molecule has 1 heterocycles. The zero-order valence-corrected chi connectivity index (χ0v) is 17.7. The van der Waals surface area contributed by atoms with Crippen molar-refractivity contribution in [1.82, 2.24) is 15.5 Å². The number of aliphatic hydroxyl groups is 1. The third-order valence-corrected chi connectivity index (χ3v) is 5.29. The minimum atomic E-state index is -1.20. The van der Waals surface area contributed by atoms with Gasteiger partial charge in [0.15, 0.2) is 0 Å². The van der Waals surface area contributed by atoms with E-state index in [1.54, 1.807) is 24.3 Å². The van der Waals surface area contributed by atoms with Crippen LogP contribution >= 0.6 is 0 Å². The highest BCUT2D eigenvalue weighted by molar-refractivity contribution is 5.94. The Kier molecular flexibility index (Phi) is 8.52. The molecule has 3 amide bonds. The lowest BCUT2D eigenvalue weighted by atomic mass is 10.0. The molecule has 1 saturated heterocycles. The fraction of sp³-hybridized carbons (Fsp3) is 0.524. The lowest BCUT2D eigenvalue weighted by Gasteiger charge is -2.28. The van der Waals surface area contributed by atoms with Gasteiger partial charge >= 0.3 is 5.97 Å². The van der Waals surface area contributed by atoms with Gasteiger partial charge in [0.05, 0.1) is 6.10 Å². The molecule has 1 aliphatic rings. The van der Waals surface area contributed by atoms with Gasteiger partial charge in [-0.05, 0) is 32.3 Å². The maximum absolute atomic E-state index is 13.2. The van der Waals surface area contributed by atoms with E-state index in [-0.39, 0.29) is 6.42 Å². The number of hydrogen-bond acceptors (Lipinski definition) is 6. The van der Waals surface area contributed by atoms with Crippen LogP contribution in [-0.2, 0) is 25.6 Å². The lowest BCUT2D eigenvalue weighted by Crippen LogP contribution is -2.57. The molecule has 5 unspecified atom stereocenters. The second-order valence-electron chi connectivity index (χ2n) is 7.78. The SMILES string of the molecule is CC(NC(=O)C(N)C(C)O)C(=O)NC(Cc1ccccc1)C(=O)N1CCCC1C(=O)O. The lowest BCUT2D eigenvalue weighted by molar-refractivity contribution is -0.149. The van der Waals surface area contributed by atoms with Gasteiger partial charge in [-0.25, -0.2) is 4.79 Å². The van der Waals surface area contributed by atoms with Crippen LogP contribution in [0.4, 0.5) is 0 Å². The number of likely N-dealkylation sites (tertiary alicyclic amines) is 1. The quantitative estimate of drug-likeness (QED) is 0.333. The van der Waals surface area contributed by atoms with Gasteiger partial charge in [0.2, 0.25) is 17.7 Å². The average Bonchev–Trinajstić information content (AvgIpc) is 3.22. The predicted octanol–water partition coefficient (Wildman–Crippen LogP) is -0.998. The van der Waals surface area contributed by atoms with Gasteiger partial charge in [-0.2, -0.15) is 0 Å². The topological polar surface area (TPSA) is 162 Å². The van der Waals surface area contributed by atoms with Crippen LogP contribution in [-0.4, -0.2) is 75.6 Å². The fourth-order valence-electron chi connectivity index (χ4n) is 3.43. The second-order valence-corrected chi connectivity index (χ2v) is 7.78. The molecular weight excluding hydrogens is 404 g/mol. The molecule has 1 fully saturated rings. The molecule has 6 N–H and O–H groups in total. The van der Waals surface area contributed by atoms with Crippen molar-refractivity contribution in [3.8, 4) is 0 Å². The molecule has 10 nitrogen and oxygen atoms in total.